The minimum Gasteiger partial charge on any atom is -0.508 e. The maximum Gasteiger partial charge on any atom is 0.193 e. The van der Waals surface area contributed by atoms with Crippen LogP contribution in [0.1, 0.15) is 57.1 Å². The van der Waals surface area contributed by atoms with Crippen LogP contribution in [0.4, 0.5) is 0 Å². The Morgan fingerprint density at radius 3 is 2.64 bits per heavy atom. The molecule has 0 amide bonds. The molecule has 1 heterocycles. The standard InChI is InChI=1S/C20H24O3.C2H6/c1-19-8-6-16-15-5-3-14(21)12-13(15)2-4-17(16)18(19)7-9-20(19)22-10-11-23-20;1-2/h3,5,7,9,12,16-18,21H,2,4,6,8,10-11H2,1H3;1-2H3. The molecule has 3 nitrogen and oxygen atoms in total. The van der Waals surface area contributed by atoms with Crippen molar-refractivity contribution in [3.05, 3.63) is 41.5 Å². The van der Waals surface area contributed by atoms with Gasteiger partial charge in [-0.05, 0) is 72.8 Å². The number of aromatic hydroxyl groups is 1. The number of phenolic OH excluding ortho intramolecular Hbond substituents is 1. The summed E-state index contributed by atoms with van der Waals surface area (Å²) in [4.78, 5) is 0. The fourth-order valence-corrected chi connectivity index (χ4v) is 5.85. The first-order chi connectivity index (χ1) is 12.1. The van der Waals surface area contributed by atoms with Crippen molar-refractivity contribution >= 4 is 0 Å². The van der Waals surface area contributed by atoms with Gasteiger partial charge in [0.05, 0.1) is 13.2 Å². The average molecular weight is 342 g/mol. The van der Waals surface area contributed by atoms with Crippen molar-refractivity contribution in [1.29, 1.82) is 0 Å². The number of fused-ring (bicyclic) bond motifs is 6. The Labute approximate surface area is 151 Å². The van der Waals surface area contributed by atoms with Crippen LogP contribution >= 0.6 is 0 Å². The molecule has 1 aliphatic heterocycles. The quantitative estimate of drug-likeness (QED) is 0.689. The summed E-state index contributed by atoms with van der Waals surface area (Å²) >= 11 is 0. The summed E-state index contributed by atoms with van der Waals surface area (Å²) < 4.78 is 12.2. The SMILES string of the molecule is CC.CC12CCC3c4ccc(O)cc4CCC3C1C=CC21OCCO1. The molecule has 1 saturated heterocycles. The second-order valence-corrected chi connectivity index (χ2v) is 7.90. The van der Waals surface area contributed by atoms with Crippen molar-refractivity contribution < 1.29 is 14.6 Å². The van der Waals surface area contributed by atoms with Gasteiger partial charge in [-0.2, -0.15) is 0 Å². The highest BCUT2D eigenvalue weighted by Gasteiger charge is 2.62. The van der Waals surface area contributed by atoms with E-state index in [1.807, 2.05) is 26.0 Å². The van der Waals surface area contributed by atoms with Crippen LogP contribution in [0.3, 0.4) is 0 Å². The van der Waals surface area contributed by atoms with Crippen LogP contribution in [0.15, 0.2) is 30.4 Å². The maximum atomic E-state index is 9.77. The minimum absolute atomic E-state index is 0.0685. The zero-order chi connectivity index (χ0) is 17.7. The van der Waals surface area contributed by atoms with Gasteiger partial charge in [-0.15, -0.1) is 0 Å². The maximum absolute atomic E-state index is 9.77. The monoisotopic (exact) mass is 342 g/mol. The third kappa shape index (κ3) is 2.32. The van der Waals surface area contributed by atoms with E-state index in [9.17, 15) is 5.11 Å². The lowest BCUT2D eigenvalue weighted by Gasteiger charge is -2.52. The Hall–Kier alpha value is -1.32. The lowest BCUT2D eigenvalue weighted by atomic mass is 9.54. The number of hydrogen-bond acceptors (Lipinski definition) is 3. The van der Waals surface area contributed by atoms with Crippen molar-refractivity contribution in [1.82, 2.24) is 0 Å². The van der Waals surface area contributed by atoms with Crippen LogP contribution in [0.2, 0.25) is 0 Å². The molecular formula is C22H30O3. The summed E-state index contributed by atoms with van der Waals surface area (Å²) in [6, 6.07) is 5.97. The molecule has 1 N–H and O–H groups in total. The van der Waals surface area contributed by atoms with E-state index in [1.54, 1.807) is 0 Å². The highest BCUT2D eigenvalue weighted by molar-refractivity contribution is 5.41. The molecule has 1 spiro atoms. The van der Waals surface area contributed by atoms with E-state index in [1.165, 1.54) is 24.0 Å². The van der Waals surface area contributed by atoms with E-state index < -0.39 is 5.79 Å². The Balaban J connectivity index is 0.000000758. The van der Waals surface area contributed by atoms with Crippen LogP contribution in [0, 0.1) is 17.3 Å². The molecule has 0 radical (unpaired) electrons. The molecule has 4 unspecified atom stereocenters. The first-order valence-electron chi connectivity index (χ1n) is 9.92. The Morgan fingerprint density at radius 1 is 1.12 bits per heavy atom. The molecule has 0 bridgehead atoms. The van der Waals surface area contributed by atoms with Crippen molar-refractivity contribution in [3.8, 4) is 5.75 Å². The van der Waals surface area contributed by atoms with Crippen molar-refractivity contribution in [2.45, 2.75) is 58.2 Å². The second kappa shape index (κ2) is 6.14. The molecule has 3 aliphatic carbocycles. The number of benzene rings is 1. The number of aryl methyl sites for hydroxylation is 1. The van der Waals surface area contributed by atoms with Crippen molar-refractivity contribution in [3.63, 3.8) is 0 Å². The molecule has 1 saturated carbocycles. The summed E-state index contributed by atoms with van der Waals surface area (Å²) in [5.41, 5.74) is 2.88. The fraction of sp³-hybridized carbons (Fsp3) is 0.636. The van der Waals surface area contributed by atoms with Crippen LogP contribution in [-0.2, 0) is 15.9 Å². The molecule has 4 atom stereocenters. The largest absolute Gasteiger partial charge is 0.508 e. The summed E-state index contributed by atoms with van der Waals surface area (Å²) in [5, 5.41) is 9.77. The molecule has 3 heteroatoms. The third-order valence-electron chi connectivity index (χ3n) is 7.00. The Morgan fingerprint density at radius 2 is 1.88 bits per heavy atom. The van der Waals surface area contributed by atoms with E-state index in [0.717, 1.165) is 12.8 Å². The van der Waals surface area contributed by atoms with Crippen molar-refractivity contribution in [2.24, 2.45) is 17.3 Å². The smallest absolute Gasteiger partial charge is 0.193 e. The highest BCUT2D eigenvalue weighted by Crippen LogP contribution is 2.63. The van der Waals surface area contributed by atoms with Gasteiger partial charge in [0, 0.05) is 5.41 Å². The van der Waals surface area contributed by atoms with Crippen LogP contribution in [0.25, 0.3) is 0 Å². The third-order valence-corrected chi connectivity index (χ3v) is 7.00. The number of allylic oxidation sites excluding steroid dienone is 1. The molecule has 2 fully saturated rings. The summed E-state index contributed by atoms with van der Waals surface area (Å²) in [7, 11) is 0. The van der Waals surface area contributed by atoms with Gasteiger partial charge >= 0.3 is 0 Å². The van der Waals surface area contributed by atoms with Crippen molar-refractivity contribution in [2.75, 3.05) is 13.2 Å². The number of phenols is 1. The zero-order valence-electron chi connectivity index (χ0n) is 15.6. The van der Waals surface area contributed by atoms with E-state index >= 15 is 0 Å². The molecule has 0 aromatic heterocycles. The summed E-state index contributed by atoms with van der Waals surface area (Å²) in [6.07, 6.45) is 9.17. The van der Waals surface area contributed by atoms with Gasteiger partial charge in [0.1, 0.15) is 5.75 Å². The lowest BCUT2D eigenvalue weighted by molar-refractivity contribution is -0.215. The predicted octanol–water partition coefficient (Wildman–Crippen LogP) is 4.79. The Bertz CT molecular complexity index is 674. The number of hydrogen-bond donors (Lipinski definition) is 1. The zero-order valence-corrected chi connectivity index (χ0v) is 15.6. The van der Waals surface area contributed by atoms with E-state index in [0.29, 0.717) is 36.7 Å². The van der Waals surface area contributed by atoms with Gasteiger partial charge in [0.15, 0.2) is 5.79 Å². The molecule has 1 aromatic carbocycles. The summed E-state index contributed by atoms with van der Waals surface area (Å²) in [5.74, 6) is 1.72. The van der Waals surface area contributed by atoms with Gasteiger partial charge in [-0.1, -0.05) is 32.9 Å². The fourth-order valence-electron chi connectivity index (χ4n) is 5.85. The van der Waals surface area contributed by atoms with Crippen LogP contribution in [-0.4, -0.2) is 24.1 Å². The second-order valence-electron chi connectivity index (χ2n) is 7.90. The predicted molar refractivity (Wildman–Crippen MR) is 98.6 cm³/mol. The number of rotatable bonds is 0. The average Bonchev–Trinajstić information content (AvgIpc) is 3.23. The first-order valence-corrected chi connectivity index (χ1v) is 9.92. The van der Waals surface area contributed by atoms with Crippen LogP contribution < -0.4 is 0 Å². The van der Waals surface area contributed by atoms with E-state index in [4.69, 9.17) is 9.47 Å². The minimum atomic E-state index is -0.474. The highest BCUT2D eigenvalue weighted by atomic mass is 16.7. The molecule has 136 valence electrons. The molecule has 25 heavy (non-hydrogen) atoms. The topological polar surface area (TPSA) is 38.7 Å². The first kappa shape index (κ1) is 17.1. The van der Waals surface area contributed by atoms with Gasteiger partial charge in [-0.25, -0.2) is 0 Å². The molecular weight excluding hydrogens is 312 g/mol. The van der Waals surface area contributed by atoms with Gasteiger partial charge in [0.25, 0.3) is 0 Å². The van der Waals surface area contributed by atoms with E-state index in [-0.39, 0.29) is 5.41 Å². The van der Waals surface area contributed by atoms with E-state index in [2.05, 4.69) is 25.1 Å². The van der Waals surface area contributed by atoms with Gasteiger partial charge < -0.3 is 14.6 Å². The summed E-state index contributed by atoms with van der Waals surface area (Å²) in [6.45, 7) is 7.79. The molecule has 5 rings (SSSR count). The molecule has 1 aromatic rings. The molecule has 4 aliphatic rings. The van der Waals surface area contributed by atoms with Gasteiger partial charge in [-0.3, -0.25) is 0 Å². The lowest BCUT2D eigenvalue weighted by Crippen LogP contribution is -2.52. The van der Waals surface area contributed by atoms with Crippen LogP contribution in [0.5, 0.6) is 5.75 Å². The van der Waals surface area contributed by atoms with Gasteiger partial charge in [0.2, 0.25) is 0 Å². The number of ether oxygens (including phenoxy) is 2. The normalized spacial score (nSPS) is 37.0. The Kier molecular flexibility index (Phi) is 4.20.